The third kappa shape index (κ3) is 4.09. The van der Waals surface area contributed by atoms with Crippen molar-refractivity contribution in [2.45, 2.75) is 18.7 Å². The summed E-state index contributed by atoms with van der Waals surface area (Å²) in [5.41, 5.74) is 0.743. The minimum atomic E-state index is -4.35. The van der Waals surface area contributed by atoms with Crippen molar-refractivity contribution >= 4 is 11.7 Å². The van der Waals surface area contributed by atoms with Gasteiger partial charge in [-0.05, 0) is 48.5 Å². The summed E-state index contributed by atoms with van der Waals surface area (Å²) in [6.45, 7) is 1.39. The van der Waals surface area contributed by atoms with Gasteiger partial charge in [-0.1, -0.05) is 0 Å². The summed E-state index contributed by atoms with van der Waals surface area (Å²) in [6.07, 6.45) is -3.69. The molecule has 4 nitrogen and oxygen atoms in total. The zero-order valence-electron chi connectivity index (χ0n) is 14.1. The Balaban J connectivity index is 1.59. The van der Waals surface area contributed by atoms with E-state index >= 15 is 0 Å². The molecule has 0 aromatic heterocycles. The number of benzene rings is 2. The van der Waals surface area contributed by atoms with Crippen molar-refractivity contribution in [2.75, 3.05) is 25.1 Å². The van der Waals surface area contributed by atoms with Gasteiger partial charge in [-0.15, -0.1) is 0 Å². The fraction of sp³-hybridized carbons (Fsp3) is 0.316. The summed E-state index contributed by atoms with van der Waals surface area (Å²) >= 11 is 0. The molecule has 138 valence electrons. The molecular weight excluding hydrogens is 347 g/mol. The van der Waals surface area contributed by atoms with Crippen LogP contribution in [-0.4, -0.2) is 32.3 Å². The van der Waals surface area contributed by atoms with Crippen LogP contribution in [0.4, 0.5) is 18.9 Å². The molecule has 0 aliphatic carbocycles. The topological polar surface area (TPSA) is 38.8 Å². The van der Waals surface area contributed by atoms with Crippen LogP contribution in [0.5, 0.6) is 5.75 Å². The lowest BCUT2D eigenvalue weighted by molar-refractivity contribution is -0.137. The van der Waals surface area contributed by atoms with E-state index in [2.05, 4.69) is 9.64 Å². The molecule has 1 saturated heterocycles. The van der Waals surface area contributed by atoms with Crippen LogP contribution in [0.1, 0.15) is 22.3 Å². The number of hydrogen-bond donors (Lipinski definition) is 0. The van der Waals surface area contributed by atoms with Crippen LogP contribution in [-0.2, 0) is 10.9 Å². The first-order chi connectivity index (χ1) is 12.4. The zero-order valence-corrected chi connectivity index (χ0v) is 14.1. The smallest absolute Gasteiger partial charge is 0.416 e. The Hall–Kier alpha value is -2.70. The van der Waals surface area contributed by atoms with Crippen LogP contribution in [0.3, 0.4) is 0 Å². The van der Waals surface area contributed by atoms with Crippen molar-refractivity contribution in [2.24, 2.45) is 0 Å². The van der Waals surface area contributed by atoms with Gasteiger partial charge < -0.3 is 14.4 Å². The van der Waals surface area contributed by atoms with Gasteiger partial charge in [-0.3, -0.25) is 0 Å². The molecule has 0 spiro atoms. The quantitative estimate of drug-likeness (QED) is 0.763. The van der Waals surface area contributed by atoms with Gasteiger partial charge in [0.05, 0.1) is 24.8 Å². The fourth-order valence-corrected chi connectivity index (χ4v) is 2.90. The number of carbonyl (C=O) groups excluding carboxylic acids is 1. The number of ether oxygens (including phenoxy) is 2. The minimum absolute atomic E-state index is 0.105. The number of esters is 1. The van der Waals surface area contributed by atoms with Crippen molar-refractivity contribution < 1.29 is 27.4 Å². The van der Waals surface area contributed by atoms with Gasteiger partial charge in [0.25, 0.3) is 0 Å². The first-order valence-electron chi connectivity index (χ1n) is 8.14. The maximum atomic E-state index is 12.6. The fourth-order valence-electron chi connectivity index (χ4n) is 2.90. The molecule has 0 radical (unpaired) electrons. The van der Waals surface area contributed by atoms with Gasteiger partial charge in [0.15, 0.2) is 0 Å². The molecule has 1 aliphatic heterocycles. The molecule has 3 rings (SSSR count). The maximum absolute atomic E-state index is 12.6. The van der Waals surface area contributed by atoms with Gasteiger partial charge in [-0.25, -0.2) is 4.79 Å². The molecule has 1 fully saturated rings. The van der Waals surface area contributed by atoms with Gasteiger partial charge in [0.1, 0.15) is 11.9 Å². The molecule has 1 aliphatic rings. The van der Waals surface area contributed by atoms with Gasteiger partial charge in [-0.2, -0.15) is 13.2 Å². The molecule has 0 unspecified atom stereocenters. The maximum Gasteiger partial charge on any atom is 0.416 e. The number of anilines is 1. The average molecular weight is 365 g/mol. The van der Waals surface area contributed by atoms with E-state index in [1.807, 2.05) is 12.1 Å². The molecular formula is C19H18F3NO3. The van der Waals surface area contributed by atoms with Gasteiger partial charge in [0.2, 0.25) is 0 Å². The minimum Gasteiger partial charge on any atom is -0.489 e. The van der Waals surface area contributed by atoms with E-state index in [-0.39, 0.29) is 12.1 Å². The van der Waals surface area contributed by atoms with Crippen molar-refractivity contribution in [3.63, 3.8) is 0 Å². The first-order valence-corrected chi connectivity index (χ1v) is 8.14. The normalized spacial score (nSPS) is 17.2. The predicted molar refractivity (Wildman–Crippen MR) is 90.5 cm³/mol. The van der Waals surface area contributed by atoms with Crippen molar-refractivity contribution in [3.05, 3.63) is 59.7 Å². The molecule has 0 saturated carbocycles. The highest BCUT2D eigenvalue weighted by atomic mass is 19.4. The standard InChI is InChI=1S/C19H18F3NO3/c1-25-18(24)13-2-6-15(7-3-13)23-11-10-17(12-23)26-16-8-4-14(5-9-16)19(20,21)22/h2-9,17H,10-12H2,1H3/t17-/m1/s1. The molecule has 1 heterocycles. The van der Waals surface area contributed by atoms with E-state index in [1.54, 1.807) is 12.1 Å². The second-order valence-corrected chi connectivity index (χ2v) is 6.04. The molecule has 0 N–H and O–H groups in total. The van der Waals surface area contributed by atoms with Crippen molar-refractivity contribution in [1.82, 2.24) is 0 Å². The second kappa shape index (κ2) is 7.27. The van der Waals surface area contributed by atoms with E-state index in [0.29, 0.717) is 17.9 Å². The predicted octanol–water partition coefficient (Wildman–Crippen LogP) is 4.15. The van der Waals surface area contributed by atoms with Crippen molar-refractivity contribution in [3.8, 4) is 5.75 Å². The lowest BCUT2D eigenvalue weighted by Gasteiger charge is -2.19. The number of halogens is 3. The summed E-state index contributed by atoms with van der Waals surface area (Å²) in [6, 6.07) is 11.8. The van der Waals surface area contributed by atoms with Crippen LogP contribution in [0.15, 0.2) is 48.5 Å². The van der Waals surface area contributed by atoms with E-state index < -0.39 is 11.7 Å². The zero-order chi connectivity index (χ0) is 18.7. The van der Waals surface area contributed by atoms with Crippen LogP contribution in [0.25, 0.3) is 0 Å². The first kappa shape index (κ1) is 18.1. The highest BCUT2D eigenvalue weighted by Crippen LogP contribution is 2.31. The number of nitrogens with zero attached hydrogens (tertiary/aromatic N) is 1. The van der Waals surface area contributed by atoms with E-state index in [1.165, 1.54) is 19.2 Å². The molecule has 0 amide bonds. The summed E-state index contributed by atoms with van der Waals surface area (Å²) < 4.78 is 48.2. The summed E-state index contributed by atoms with van der Waals surface area (Å²) in [5.74, 6) is 0.0346. The Morgan fingerprint density at radius 1 is 1.08 bits per heavy atom. The van der Waals surface area contributed by atoms with Gasteiger partial charge in [0, 0.05) is 18.7 Å². The van der Waals surface area contributed by atoms with Gasteiger partial charge >= 0.3 is 12.1 Å². The second-order valence-electron chi connectivity index (χ2n) is 6.04. The third-order valence-corrected chi connectivity index (χ3v) is 4.28. The summed E-state index contributed by atoms with van der Waals surface area (Å²) in [5, 5.41) is 0. The van der Waals surface area contributed by atoms with Crippen LogP contribution >= 0.6 is 0 Å². The third-order valence-electron chi connectivity index (χ3n) is 4.28. The number of carbonyl (C=O) groups is 1. The molecule has 7 heteroatoms. The lowest BCUT2D eigenvalue weighted by atomic mass is 10.2. The molecule has 0 bridgehead atoms. The Kier molecular flexibility index (Phi) is 5.06. The van der Waals surface area contributed by atoms with E-state index in [4.69, 9.17) is 4.74 Å². The molecule has 26 heavy (non-hydrogen) atoms. The highest BCUT2D eigenvalue weighted by Gasteiger charge is 2.30. The number of rotatable bonds is 4. The Morgan fingerprint density at radius 3 is 2.31 bits per heavy atom. The summed E-state index contributed by atoms with van der Waals surface area (Å²) in [7, 11) is 1.33. The Bertz CT molecular complexity index is 757. The van der Waals surface area contributed by atoms with Crippen LogP contribution in [0, 0.1) is 0 Å². The van der Waals surface area contributed by atoms with Crippen LogP contribution < -0.4 is 9.64 Å². The SMILES string of the molecule is COC(=O)c1ccc(N2CC[C@@H](Oc3ccc(C(F)(F)F)cc3)C2)cc1. The largest absolute Gasteiger partial charge is 0.489 e. The monoisotopic (exact) mass is 365 g/mol. The van der Waals surface area contributed by atoms with Crippen LogP contribution in [0.2, 0.25) is 0 Å². The summed E-state index contributed by atoms with van der Waals surface area (Å²) in [4.78, 5) is 13.6. The molecule has 1 atom stereocenters. The van der Waals surface area contributed by atoms with E-state index in [0.717, 1.165) is 30.8 Å². The average Bonchev–Trinajstić information content (AvgIpc) is 3.09. The number of hydrogen-bond acceptors (Lipinski definition) is 4. The molecule has 2 aromatic carbocycles. The Morgan fingerprint density at radius 2 is 1.73 bits per heavy atom. The van der Waals surface area contributed by atoms with E-state index in [9.17, 15) is 18.0 Å². The number of methoxy groups -OCH3 is 1. The van der Waals surface area contributed by atoms with Crippen molar-refractivity contribution in [1.29, 1.82) is 0 Å². The Labute approximate surface area is 149 Å². The highest BCUT2D eigenvalue weighted by molar-refractivity contribution is 5.89. The number of alkyl halides is 3. The lowest BCUT2D eigenvalue weighted by Crippen LogP contribution is -2.24. The molecule has 2 aromatic rings.